The van der Waals surface area contributed by atoms with Gasteiger partial charge in [-0.2, -0.15) is 0 Å². The maximum absolute atomic E-state index is 2.79. The Morgan fingerprint density at radius 1 is 0.392 bits per heavy atom. The molecule has 0 N–H and O–H groups in total. The second-order valence-corrected chi connectivity index (χ2v) is 25.7. The van der Waals surface area contributed by atoms with Gasteiger partial charge in [-0.3, -0.25) is 0 Å². The molecule has 0 amide bonds. The van der Waals surface area contributed by atoms with E-state index >= 15 is 0 Å². The predicted molar refractivity (Wildman–Crippen MR) is 319 cm³/mol. The van der Waals surface area contributed by atoms with Crippen LogP contribution in [-0.4, -0.2) is 12.3 Å². The van der Waals surface area contributed by atoms with Crippen molar-refractivity contribution in [2.75, 3.05) is 14.7 Å². The van der Waals surface area contributed by atoms with Crippen molar-refractivity contribution in [3.05, 3.63) is 198 Å². The molecule has 0 bridgehead atoms. The van der Waals surface area contributed by atoms with E-state index in [1.807, 2.05) is 0 Å². The van der Waals surface area contributed by atoms with Crippen molar-refractivity contribution < 1.29 is 0 Å². The van der Waals surface area contributed by atoms with Gasteiger partial charge in [0.25, 0.3) is 6.71 Å². The second-order valence-electron chi connectivity index (χ2n) is 25.7. The molecule has 74 heavy (non-hydrogen) atoms. The fourth-order valence-corrected chi connectivity index (χ4v) is 13.5. The number of hydrogen-bond donors (Lipinski definition) is 0. The van der Waals surface area contributed by atoms with E-state index in [1.165, 1.54) is 138 Å². The zero-order valence-corrected chi connectivity index (χ0v) is 45.9. The molecular weight excluding hydrogens is 894 g/mol. The Hall–Kier alpha value is -6.78. The molecule has 0 radical (unpaired) electrons. The van der Waals surface area contributed by atoms with Gasteiger partial charge in [-0.1, -0.05) is 210 Å². The average Bonchev–Trinajstić information content (AvgIpc) is 3.61. The minimum absolute atomic E-state index is 0.0204. The highest BCUT2D eigenvalue weighted by Crippen LogP contribution is 2.60. The molecule has 2 atom stereocenters. The first-order valence-corrected chi connectivity index (χ1v) is 27.7. The molecule has 2 unspecified atom stereocenters. The minimum Gasteiger partial charge on any atom is -0.334 e. The van der Waals surface area contributed by atoms with Crippen molar-refractivity contribution in [2.45, 2.75) is 142 Å². The highest BCUT2D eigenvalue weighted by Gasteiger charge is 2.56. The van der Waals surface area contributed by atoms with E-state index in [4.69, 9.17) is 0 Å². The van der Waals surface area contributed by atoms with Gasteiger partial charge in [0.2, 0.25) is 0 Å². The zero-order valence-electron chi connectivity index (χ0n) is 45.9. The van der Waals surface area contributed by atoms with Crippen molar-refractivity contribution in [3.8, 4) is 22.3 Å². The summed E-state index contributed by atoms with van der Waals surface area (Å²) < 4.78 is 0. The van der Waals surface area contributed by atoms with Crippen molar-refractivity contribution in [1.82, 2.24) is 0 Å². The van der Waals surface area contributed by atoms with Gasteiger partial charge < -0.3 is 14.7 Å². The number of anilines is 8. The molecule has 0 spiro atoms. The molecule has 12 rings (SSSR count). The third-order valence-corrected chi connectivity index (χ3v) is 18.0. The van der Waals surface area contributed by atoms with E-state index in [9.17, 15) is 0 Å². The summed E-state index contributed by atoms with van der Waals surface area (Å²) in [4.78, 5) is 8.09. The van der Waals surface area contributed by atoms with Crippen molar-refractivity contribution >= 4 is 68.6 Å². The van der Waals surface area contributed by atoms with Gasteiger partial charge in [0.15, 0.2) is 0 Å². The summed E-state index contributed by atoms with van der Waals surface area (Å²) in [6.07, 6.45) is 7.48. The Morgan fingerprint density at radius 2 is 0.946 bits per heavy atom. The molecule has 1 aliphatic carbocycles. The molecule has 0 saturated heterocycles. The summed E-state index contributed by atoms with van der Waals surface area (Å²) in [6.45, 7) is 26.3. The third kappa shape index (κ3) is 7.68. The Bertz CT molecular complexity index is 3440. The molecular formula is C70H74BN3. The molecule has 372 valence electrons. The highest BCUT2D eigenvalue weighted by atomic mass is 15.3. The fraction of sp³-hybridized carbons (Fsp3) is 0.314. The Balaban J connectivity index is 1.17. The molecule has 3 heterocycles. The van der Waals surface area contributed by atoms with Crippen LogP contribution in [0, 0.1) is 0 Å². The monoisotopic (exact) mass is 968 g/mol. The van der Waals surface area contributed by atoms with Crippen LogP contribution in [0.5, 0.6) is 0 Å². The zero-order chi connectivity index (χ0) is 51.5. The summed E-state index contributed by atoms with van der Waals surface area (Å²) in [5.41, 5.74) is 24.1. The molecule has 1 saturated carbocycles. The van der Waals surface area contributed by atoms with Gasteiger partial charge in [-0.25, -0.2) is 0 Å². The Morgan fingerprint density at radius 3 is 1.61 bits per heavy atom. The summed E-state index contributed by atoms with van der Waals surface area (Å²) in [5, 5.41) is 0. The summed E-state index contributed by atoms with van der Waals surface area (Å²) in [7, 11) is 0. The Kier molecular flexibility index (Phi) is 11.3. The predicted octanol–water partition coefficient (Wildman–Crippen LogP) is 17.5. The van der Waals surface area contributed by atoms with Crippen LogP contribution in [0.3, 0.4) is 0 Å². The van der Waals surface area contributed by atoms with Gasteiger partial charge in [-0.15, -0.1) is 0 Å². The second kappa shape index (κ2) is 17.4. The number of rotatable bonds is 5. The van der Waals surface area contributed by atoms with Crippen molar-refractivity contribution in [2.24, 2.45) is 0 Å². The van der Waals surface area contributed by atoms with Crippen LogP contribution in [-0.2, 0) is 21.7 Å². The molecule has 8 aromatic carbocycles. The number of hydrogen-bond acceptors (Lipinski definition) is 3. The molecule has 8 aromatic rings. The maximum Gasteiger partial charge on any atom is 0.252 e. The summed E-state index contributed by atoms with van der Waals surface area (Å²) in [5.74, 6) is 0. The van der Waals surface area contributed by atoms with Gasteiger partial charge in [0.1, 0.15) is 0 Å². The lowest BCUT2D eigenvalue weighted by Gasteiger charge is -2.49. The molecule has 1 fully saturated rings. The lowest BCUT2D eigenvalue weighted by atomic mass is 9.33. The van der Waals surface area contributed by atoms with Crippen LogP contribution < -0.4 is 31.1 Å². The van der Waals surface area contributed by atoms with Gasteiger partial charge in [0, 0.05) is 50.8 Å². The number of benzene rings is 8. The normalized spacial score (nSPS) is 19.2. The number of nitrogens with zero attached hydrogens (tertiary/aromatic N) is 3. The van der Waals surface area contributed by atoms with Crippen LogP contribution in [0.2, 0.25) is 0 Å². The number of para-hydroxylation sites is 1. The van der Waals surface area contributed by atoms with Crippen LogP contribution >= 0.6 is 0 Å². The fourth-order valence-electron chi connectivity index (χ4n) is 13.5. The van der Waals surface area contributed by atoms with E-state index < -0.39 is 0 Å². The van der Waals surface area contributed by atoms with Crippen molar-refractivity contribution in [1.29, 1.82) is 0 Å². The third-order valence-electron chi connectivity index (χ3n) is 18.0. The van der Waals surface area contributed by atoms with Crippen LogP contribution in [0.25, 0.3) is 22.3 Å². The molecule has 0 aromatic heterocycles. The van der Waals surface area contributed by atoms with E-state index in [-0.39, 0.29) is 33.9 Å². The van der Waals surface area contributed by atoms with Crippen LogP contribution in [0.1, 0.15) is 137 Å². The molecule has 3 aliphatic heterocycles. The first kappa shape index (κ1) is 48.2. The summed E-state index contributed by atoms with van der Waals surface area (Å²) >= 11 is 0. The lowest BCUT2D eigenvalue weighted by Crippen LogP contribution is -2.61. The van der Waals surface area contributed by atoms with Gasteiger partial charge in [-0.05, 0) is 152 Å². The van der Waals surface area contributed by atoms with Crippen LogP contribution in [0.15, 0.2) is 176 Å². The quantitative estimate of drug-likeness (QED) is 0.159. The van der Waals surface area contributed by atoms with Gasteiger partial charge in [0.05, 0.1) is 11.2 Å². The SMILES string of the molecule is CC(C)(C)c1ccc(N2c3cc(N4c5ccccc5C5(C)CCCCCCC45C)ccc3B3c4ccc(-c5ccccc5)cc4N(c4ccc(C(C)(C)C)cc4-c4ccccc4)c4cc(C(C)(C)C)cc2c43)cc1. The van der Waals surface area contributed by atoms with E-state index in [0.29, 0.717) is 0 Å². The topological polar surface area (TPSA) is 9.72 Å². The highest BCUT2D eigenvalue weighted by molar-refractivity contribution is 7.00. The maximum atomic E-state index is 2.79. The van der Waals surface area contributed by atoms with E-state index in [0.717, 1.165) is 6.42 Å². The Labute approximate surface area is 443 Å². The molecule has 4 heteroatoms. The molecule has 4 aliphatic rings. The standard InChI is InChI=1S/C70H74BN3/c1-66(2,3)50-31-34-53(35-32-50)72-62-46-54(74-60-29-21-20-28-56(60)69(10)40-22-12-13-23-41-70(69,74)11)36-38-58(62)71-57-37-30-49(47-24-16-14-17-25-47)42-61(57)73(64-45-52(68(7,8)9)44-63(72)65(64)71)59-39-33-51(67(4,5)6)43-55(59)48-26-18-15-19-27-48/h14-21,24-39,42-46H,12-13,22-23,40-41H2,1-11H3. The van der Waals surface area contributed by atoms with Gasteiger partial charge >= 0.3 is 0 Å². The molecule has 3 nitrogen and oxygen atoms in total. The largest absolute Gasteiger partial charge is 0.334 e. The van der Waals surface area contributed by atoms with E-state index in [1.54, 1.807) is 0 Å². The first-order valence-electron chi connectivity index (χ1n) is 27.7. The smallest absolute Gasteiger partial charge is 0.252 e. The minimum atomic E-state index is -0.155. The average molecular weight is 968 g/mol. The summed E-state index contributed by atoms with van der Waals surface area (Å²) in [6, 6.07) is 68.3. The van der Waals surface area contributed by atoms with E-state index in [2.05, 4.69) is 267 Å². The first-order chi connectivity index (χ1) is 35.3. The van der Waals surface area contributed by atoms with Crippen molar-refractivity contribution in [3.63, 3.8) is 0 Å². The van der Waals surface area contributed by atoms with Crippen LogP contribution in [0.4, 0.5) is 45.5 Å². The lowest BCUT2D eigenvalue weighted by molar-refractivity contribution is 0.218. The number of fused-ring (bicyclic) bond motifs is 7.